The highest BCUT2D eigenvalue weighted by molar-refractivity contribution is 6.08. The Morgan fingerprint density at radius 2 is 1.63 bits per heavy atom. The number of carboxylic acid groups (broad SMARTS) is 1. The van der Waals surface area contributed by atoms with Gasteiger partial charge in [0.25, 0.3) is 5.91 Å². The van der Waals surface area contributed by atoms with E-state index in [9.17, 15) is 14.7 Å². The average Bonchev–Trinajstić information content (AvgIpc) is 2.69. The van der Waals surface area contributed by atoms with E-state index in [1.54, 1.807) is 18.2 Å². The molecule has 0 aliphatic heterocycles. The molecule has 0 radical (unpaired) electrons. The molecule has 0 fully saturated rings. The number of rotatable bonds is 5. The van der Waals surface area contributed by atoms with Crippen molar-refractivity contribution in [3.8, 4) is 6.07 Å². The number of carboxylic acids is 1. The molecule has 0 saturated heterocycles. The third-order valence-electron chi connectivity index (χ3n) is 3.81. The number of carbonyl (C=O) groups is 2. The summed E-state index contributed by atoms with van der Waals surface area (Å²) in [5.41, 5.74) is 2.19. The first-order chi connectivity index (χ1) is 13.1. The monoisotopic (exact) mass is 357 g/mol. The molecule has 3 N–H and O–H groups in total. The number of benzene rings is 3. The summed E-state index contributed by atoms with van der Waals surface area (Å²) in [6.45, 7) is 0. The van der Waals surface area contributed by atoms with Crippen molar-refractivity contribution in [1.29, 1.82) is 5.26 Å². The van der Waals surface area contributed by atoms with Gasteiger partial charge in [-0.2, -0.15) is 5.26 Å². The van der Waals surface area contributed by atoms with Gasteiger partial charge in [-0.15, -0.1) is 0 Å². The molecule has 6 nitrogen and oxygen atoms in total. The van der Waals surface area contributed by atoms with Crippen LogP contribution in [0.2, 0.25) is 0 Å². The summed E-state index contributed by atoms with van der Waals surface area (Å²) in [5.74, 6) is -1.67. The lowest BCUT2D eigenvalue weighted by molar-refractivity contribution is 0.0698. The minimum absolute atomic E-state index is 0.132. The molecule has 6 heteroatoms. The molecule has 0 atom stereocenters. The number of amides is 1. The summed E-state index contributed by atoms with van der Waals surface area (Å²) in [4.78, 5) is 23.9. The first-order valence-electron chi connectivity index (χ1n) is 8.08. The summed E-state index contributed by atoms with van der Waals surface area (Å²) >= 11 is 0. The lowest BCUT2D eigenvalue weighted by Gasteiger charge is -2.11. The van der Waals surface area contributed by atoms with Crippen molar-refractivity contribution < 1.29 is 14.7 Å². The minimum atomic E-state index is -1.22. The summed E-state index contributed by atoms with van der Waals surface area (Å²) in [7, 11) is 0. The molecule has 0 spiro atoms. The molecular formula is C21H15N3O3. The molecule has 3 rings (SSSR count). The Balaban J connectivity index is 1.82. The van der Waals surface area contributed by atoms with E-state index < -0.39 is 11.9 Å². The van der Waals surface area contributed by atoms with Crippen molar-refractivity contribution in [2.75, 3.05) is 10.6 Å². The molecule has 0 aromatic heterocycles. The molecule has 1 amide bonds. The fourth-order valence-corrected chi connectivity index (χ4v) is 2.52. The van der Waals surface area contributed by atoms with E-state index in [4.69, 9.17) is 5.26 Å². The molecule has 0 heterocycles. The summed E-state index contributed by atoms with van der Waals surface area (Å²) in [5, 5.41) is 24.0. The highest BCUT2D eigenvalue weighted by atomic mass is 16.4. The van der Waals surface area contributed by atoms with Gasteiger partial charge in [-0.3, -0.25) is 4.79 Å². The maximum atomic E-state index is 12.6. The highest BCUT2D eigenvalue weighted by Gasteiger charge is 2.15. The van der Waals surface area contributed by atoms with E-state index in [0.29, 0.717) is 5.56 Å². The van der Waals surface area contributed by atoms with Crippen molar-refractivity contribution in [3.63, 3.8) is 0 Å². The zero-order valence-corrected chi connectivity index (χ0v) is 14.1. The van der Waals surface area contributed by atoms with Gasteiger partial charge in [0.1, 0.15) is 0 Å². The number of hydrogen-bond donors (Lipinski definition) is 3. The second-order valence-corrected chi connectivity index (χ2v) is 5.70. The van der Waals surface area contributed by atoms with E-state index in [1.165, 1.54) is 18.2 Å². The van der Waals surface area contributed by atoms with E-state index in [0.717, 1.165) is 11.4 Å². The van der Waals surface area contributed by atoms with Crippen LogP contribution in [-0.2, 0) is 0 Å². The second-order valence-electron chi connectivity index (χ2n) is 5.70. The lowest BCUT2D eigenvalue weighted by Crippen LogP contribution is -2.15. The van der Waals surface area contributed by atoms with Gasteiger partial charge in [0.15, 0.2) is 0 Å². The van der Waals surface area contributed by atoms with E-state index in [-0.39, 0.29) is 16.8 Å². The molecule has 0 saturated carbocycles. The number of aromatic carboxylic acids is 1. The predicted molar refractivity (Wildman–Crippen MR) is 102 cm³/mol. The number of para-hydroxylation sites is 1. The van der Waals surface area contributed by atoms with Crippen LogP contribution in [0.25, 0.3) is 0 Å². The van der Waals surface area contributed by atoms with Crippen LogP contribution in [0.5, 0.6) is 0 Å². The van der Waals surface area contributed by atoms with Crippen LogP contribution in [0.15, 0.2) is 72.8 Å². The van der Waals surface area contributed by atoms with E-state index in [2.05, 4.69) is 10.6 Å². The van der Waals surface area contributed by atoms with Gasteiger partial charge in [0.05, 0.1) is 22.9 Å². The number of hydrogen-bond acceptors (Lipinski definition) is 4. The Bertz CT molecular complexity index is 1040. The maximum absolute atomic E-state index is 12.6. The molecule has 0 aliphatic carbocycles. The van der Waals surface area contributed by atoms with Crippen LogP contribution in [0.3, 0.4) is 0 Å². The zero-order chi connectivity index (χ0) is 19.2. The minimum Gasteiger partial charge on any atom is -0.478 e. The quantitative estimate of drug-likeness (QED) is 0.633. The van der Waals surface area contributed by atoms with Gasteiger partial charge in [0.2, 0.25) is 0 Å². The van der Waals surface area contributed by atoms with E-state index >= 15 is 0 Å². The van der Waals surface area contributed by atoms with Crippen molar-refractivity contribution in [3.05, 3.63) is 89.5 Å². The number of nitrogens with one attached hydrogen (secondary N) is 2. The van der Waals surface area contributed by atoms with Crippen molar-refractivity contribution in [2.45, 2.75) is 0 Å². The number of nitrogens with zero attached hydrogens (tertiary/aromatic N) is 1. The molecule has 0 bridgehead atoms. The van der Waals surface area contributed by atoms with Gasteiger partial charge in [-0.25, -0.2) is 4.79 Å². The molecule has 0 aliphatic rings. The van der Waals surface area contributed by atoms with Crippen LogP contribution in [0, 0.1) is 11.3 Å². The third-order valence-corrected chi connectivity index (χ3v) is 3.81. The maximum Gasteiger partial charge on any atom is 0.337 e. The van der Waals surface area contributed by atoms with Crippen molar-refractivity contribution in [1.82, 2.24) is 0 Å². The van der Waals surface area contributed by atoms with Crippen molar-refractivity contribution >= 4 is 28.9 Å². The predicted octanol–water partition coefficient (Wildman–Crippen LogP) is 4.25. The van der Waals surface area contributed by atoms with Crippen molar-refractivity contribution in [2.24, 2.45) is 0 Å². The first-order valence-corrected chi connectivity index (χ1v) is 8.08. The number of anilines is 3. The molecule has 3 aromatic carbocycles. The Kier molecular flexibility index (Phi) is 5.15. The van der Waals surface area contributed by atoms with Gasteiger partial charge >= 0.3 is 5.97 Å². The Labute approximate surface area is 155 Å². The normalized spacial score (nSPS) is 9.89. The van der Waals surface area contributed by atoms with Crippen LogP contribution in [0.4, 0.5) is 17.1 Å². The fraction of sp³-hybridized carbons (Fsp3) is 0. The second kappa shape index (κ2) is 7.85. The SMILES string of the molecule is N#Cc1ccc(NC(=O)c2cccc(Nc3ccccc3)c2)c(C(=O)O)c1. The molecule has 3 aromatic rings. The van der Waals surface area contributed by atoms with Gasteiger partial charge in [-0.05, 0) is 48.5 Å². The zero-order valence-electron chi connectivity index (χ0n) is 14.1. The summed E-state index contributed by atoms with van der Waals surface area (Å²) in [6, 6.07) is 22.4. The Morgan fingerprint density at radius 3 is 2.33 bits per heavy atom. The first kappa shape index (κ1) is 17.7. The van der Waals surface area contributed by atoms with Crippen LogP contribution in [0.1, 0.15) is 26.3 Å². The highest BCUT2D eigenvalue weighted by Crippen LogP contribution is 2.21. The number of nitriles is 1. The summed E-state index contributed by atoms with van der Waals surface area (Å²) in [6.07, 6.45) is 0. The van der Waals surface area contributed by atoms with Crippen LogP contribution >= 0.6 is 0 Å². The Morgan fingerprint density at radius 1 is 0.889 bits per heavy atom. The van der Waals surface area contributed by atoms with Crippen LogP contribution in [-0.4, -0.2) is 17.0 Å². The molecule has 27 heavy (non-hydrogen) atoms. The molecule has 132 valence electrons. The summed E-state index contributed by atoms with van der Waals surface area (Å²) < 4.78 is 0. The van der Waals surface area contributed by atoms with Gasteiger partial charge in [0, 0.05) is 16.9 Å². The smallest absolute Gasteiger partial charge is 0.337 e. The Hall–Kier alpha value is -4.11. The number of carbonyl (C=O) groups excluding carboxylic acids is 1. The standard InChI is InChI=1S/C21H15N3O3/c22-13-14-9-10-19(18(11-14)21(26)27)24-20(25)15-5-4-8-17(12-15)23-16-6-2-1-3-7-16/h1-12,23H,(H,24,25)(H,26,27). The van der Waals surface area contributed by atoms with Gasteiger partial charge in [-0.1, -0.05) is 24.3 Å². The lowest BCUT2D eigenvalue weighted by atomic mass is 10.1. The average molecular weight is 357 g/mol. The van der Waals surface area contributed by atoms with Crippen LogP contribution < -0.4 is 10.6 Å². The van der Waals surface area contributed by atoms with Gasteiger partial charge < -0.3 is 15.7 Å². The van der Waals surface area contributed by atoms with E-state index in [1.807, 2.05) is 42.5 Å². The third kappa shape index (κ3) is 4.30. The molecule has 0 unspecified atom stereocenters. The topological polar surface area (TPSA) is 102 Å². The molecular weight excluding hydrogens is 342 g/mol. The fourth-order valence-electron chi connectivity index (χ4n) is 2.52. The largest absolute Gasteiger partial charge is 0.478 e.